The molecule has 1 saturated heterocycles. The molecule has 0 bridgehead atoms. The van der Waals surface area contributed by atoms with Crippen LogP contribution in [0.4, 0.5) is 11.9 Å². The second kappa shape index (κ2) is 5.97. The number of nitrogens with two attached hydrogens (primary N) is 1. The molecule has 112 valence electrons. The van der Waals surface area contributed by atoms with Gasteiger partial charge < -0.3 is 10.1 Å². The molecule has 0 amide bonds. The fourth-order valence-corrected chi connectivity index (χ4v) is 2.19. The van der Waals surface area contributed by atoms with Gasteiger partial charge in [0.1, 0.15) is 12.7 Å². The molecule has 2 aromatic rings. The van der Waals surface area contributed by atoms with Gasteiger partial charge in [0.25, 0.3) is 5.95 Å². The lowest BCUT2D eigenvalue weighted by atomic mass is 10.0. The lowest BCUT2D eigenvalue weighted by molar-refractivity contribution is 0.108. The minimum absolute atomic E-state index is 0.237. The van der Waals surface area contributed by atoms with Crippen molar-refractivity contribution in [3.05, 3.63) is 12.7 Å². The van der Waals surface area contributed by atoms with Crippen LogP contribution in [0.25, 0.3) is 5.95 Å². The highest BCUT2D eigenvalue weighted by molar-refractivity contribution is 5.36. The Hall–Kier alpha value is -2.33. The van der Waals surface area contributed by atoms with Crippen molar-refractivity contribution in [3.8, 4) is 5.95 Å². The lowest BCUT2D eigenvalue weighted by Gasteiger charge is -2.15. The van der Waals surface area contributed by atoms with E-state index in [1.807, 2.05) is 0 Å². The Bertz CT molecular complexity index is 587. The molecule has 0 aliphatic carbocycles. The molecule has 0 aromatic carbocycles. The van der Waals surface area contributed by atoms with E-state index in [1.54, 1.807) is 0 Å². The zero-order valence-corrected chi connectivity index (χ0v) is 11.6. The number of hydrogen-bond donors (Lipinski definition) is 3. The highest BCUT2D eigenvalue weighted by Crippen LogP contribution is 2.20. The second-order valence-corrected chi connectivity index (χ2v) is 4.77. The van der Waals surface area contributed by atoms with E-state index in [4.69, 9.17) is 10.6 Å². The standard InChI is InChI=1S/C11H17N9O/c1-7-8(2-3-21-7)4-14-9-16-10(19-12)18-11(17-9)20-6-13-5-15-20/h5-8H,2-4,12H2,1H3,(H2,14,16,17,18,19). The highest BCUT2D eigenvalue weighted by atomic mass is 16.5. The normalized spacial score (nSPS) is 21.4. The first-order chi connectivity index (χ1) is 10.3. The molecule has 10 heteroatoms. The molecular weight excluding hydrogens is 274 g/mol. The SMILES string of the molecule is CC1OCCC1CNc1nc(NN)nc(-n2cncn2)n1. The number of nitrogens with zero attached hydrogens (tertiary/aromatic N) is 6. The topological polar surface area (TPSA) is 129 Å². The third-order valence-electron chi connectivity index (χ3n) is 3.43. The summed E-state index contributed by atoms with van der Waals surface area (Å²) in [5.74, 6) is 6.85. The minimum atomic E-state index is 0.237. The van der Waals surface area contributed by atoms with Crippen molar-refractivity contribution in [1.29, 1.82) is 0 Å². The van der Waals surface area contributed by atoms with Gasteiger partial charge in [0.2, 0.25) is 11.9 Å². The van der Waals surface area contributed by atoms with E-state index in [-0.39, 0.29) is 12.1 Å². The van der Waals surface area contributed by atoms with E-state index in [0.29, 0.717) is 17.8 Å². The molecular formula is C11H17N9O. The summed E-state index contributed by atoms with van der Waals surface area (Å²) < 4.78 is 6.97. The maximum atomic E-state index is 5.53. The summed E-state index contributed by atoms with van der Waals surface area (Å²) in [5, 5.41) is 7.18. The molecule has 4 N–H and O–H groups in total. The van der Waals surface area contributed by atoms with Crippen LogP contribution in [0.3, 0.4) is 0 Å². The first-order valence-electron chi connectivity index (χ1n) is 6.69. The Morgan fingerprint density at radius 2 is 2.24 bits per heavy atom. The van der Waals surface area contributed by atoms with Crippen LogP contribution in [-0.4, -0.2) is 49.0 Å². The molecule has 3 rings (SSSR count). The molecule has 0 spiro atoms. The van der Waals surface area contributed by atoms with E-state index < -0.39 is 0 Å². The van der Waals surface area contributed by atoms with Crippen LogP contribution in [0.2, 0.25) is 0 Å². The van der Waals surface area contributed by atoms with Crippen molar-refractivity contribution in [1.82, 2.24) is 29.7 Å². The monoisotopic (exact) mass is 291 g/mol. The Labute approximate surface area is 121 Å². The van der Waals surface area contributed by atoms with Gasteiger partial charge in [0, 0.05) is 19.1 Å². The van der Waals surface area contributed by atoms with E-state index in [9.17, 15) is 0 Å². The molecule has 1 fully saturated rings. The maximum Gasteiger partial charge on any atom is 0.258 e. The summed E-state index contributed by atoms with van der Waals surface area (Å²) in [6, 6.07) is 0. The van der Waals surface area contributed by atoms with Crippen LogP contribution < -0.4 is 16.6 Å². The van der Waals surface area contributed by atoms with Crippen molar-refractivity contribution in [3.63, 3.8) is 0 Å². The van der Waals surface area contributed by atoms with Crippen LogP contribution >= 0.6 is 0 Å². The number of aromatic nitrogens is 6. The number of nitrogens with one attached hydrogen (secondary N) is 2. The van der Waals surface area contributed by atoms with Gasteiger partial charge in [-0.1, -0.05) is 0 Å². The van der Waals surface area contributed by atoms with Gasteiger partial charge in [-0.3, -0.25) is 5.43 Å². The predicted molar refractivity (Wildman–Crippen MR) is 74.6 cm³/mol. The van der Waals surface area contributed by atoms with Crippen molar-refractivity contribution < 1.29 is 4.74 Å². The number of rotatable bonds is 5. The average Bonchev–Trinajstić information content (AvgIpc) is 3.16. The molecule has 0 radical (unpaired) electrons. The summed E-state index contributed by atoms with van der Waals surface area (Å²) >= 11 is 0. The van der Waals surface area contributed by atoms with E-state index in [2.05, 4.69) is 42.7 Å². The first kappa shape index (κ1) is 13.6. The molecule has 21 heavy (non-hydrogen) atoms. The van der Waals surface area contributed by atoms with Gasteiger partial charge in [-0.05, 0) is 13.3 Å². The maximum absolute atomic E-state index is 5.53. The first-order valence-corrected chi connectivity index (χ1v) is 6.69. The van der Waals surface area contributed by atoms with E-state index in [0.717, 1.165) is 19.6 Å². The molecule has 10 nitrogen and oxygen atoms in total. The number of ether oxygens (including phenoxy) is 1. The third-order valence-corrected chi connectivity index (χ3v) is 3.43. The van der Waals surface area contributed by atoms with Crippen LogP contribution in [0.1, 0.15) is 13.3 Å². The summed E-state index contributed by atoms with van der Waals surface area (Å²) in [7, 11) is 0. The van der Waals surface area contributed by atoms with Gasteiger partial charge in [-0.25, -0.2) is 10.8 Å². The summed E-state index contributed by atoms with van der Waals surface area (Å²) in [6.07, 6.45) is 4.18. The quantitative estimate of drug-likeness (QED) is 0.496. The largest absolute Gasteiger partial charge is 0.378 e. The molecule has 2 atom stereocenters. The van der Waals surface area contributed by atoms with Crippen LogP contribution in [0, 0.1) is 5.92 Å². The average molecular weight is 291 g/mol. The lowest BCUT2D eigenvalue weighted by Crippen LogP contribution is -2.23. The van der Waals surface area contributed by atoms with Gasteiger partial charge >= 0.3 is 0 Å². The molecule has 2 aromatic heterocycles. The fraction of sp³-hybridized carbons (Fsp3) is 0.545. The van der Waals surface area contributed by atoms with Crippen molar-refractivity contribution >= 4 is 11.9 Å². The van der Waals surface area contributed by atoms with Crippen molar-refractivity contribution in [2.75, 3.05) is 23.9 Å². The van der Waals surface area contributed by atoms with Gasteiger partial charge in [-0.2, -0.15) is 24.7 Å². The summed E-state index contributed by atoms with van der Waals surface area (Å²) in [6.45, 7) is 3.59. The highest BCUT2D eigenvalue weighted by Gasteiger charge is 2.24. The van der Waals surface area contributed by atoms with E-state index in [1.165, 1.54) is 17.3 Å². The third kappa shape index (κ3) is 3.06. The summed E-state index contributed by atoms with van der Waals surface area (Å²) in [5.41, 5.74) is 2.42. The zero-order chi connectivity index (χ0) is 14.7. The van der Waals surface area contributed by atoms with Gasteiger partial charge in [0.05, 0.1) is 6.10 Å². The van der Waals surface area contributed by atoms with E-state index >= 15 is 0 Å². The Balaban J connectivity index is 1.76. The second-order valence-electron chi connectivity index (χ2n) is 4.77. The number of anilines is 2. The summed E-state index contributed by atoms with van der Waals surface area (Å²) in [4.78, 5) is 16.5. The van der Waals surface area contributed by atoms with Crippen LogP contribution in [0.15, 0.2) is 12.7 Å². The molecule has 3 heterocycles. The smallest absolute Gasteiger partial charge is 0.258 e. The van der Waals surface area contributed by atoms with Crippen LogP contribution in [-0.2, 0) is 4.74 Å². The van der Waals surface area contributed by atoms with Crippen molar-refractivity contribution in [2.24, 2.45) is 11.8 Å². The molecule has 0 saturated carbocycles. The number of hydrogen-bond acceptors (Lipinski definition) is 9. The van der Waals surface area contributed by atoms with Gasteiger partial charge in [-0.15, -0.1) is 0 Å². The van der Waals surface area contributed by atoms with Crippen molar-refractivity contribution in [2.45, 2.75) is 19.4 Å². The number of nitrogen functional groups attached to an aromatic ring is 1. The minimum Gasteiger partial charge on any atom is -0.378 e. The van der Waals surface area contributed by atoms with Gasteiger partial charge in [0.15, 0.2) is 0 Å². The zero-order valence-electron chi connectivity index (χ0n) is 11.6. The molecule has 1 aliphatic rings. The predicted octanol–water partition coefficient (Wildman–Crippen LogP) is -0.425. The Kier molecular flexibility index (Phi) is 3.88. The van der Waals surface area contributed by atoms with Crippen LogP contribution in [0.5, 0.6) is 0 Å². The fourth-order valence-electron chi connectivity index (χ4n) is 2.19. The molecule has 2 unspecified atom stereocenters. The molecule has 1 aliphatic heterocycles. The Morgan fingerprint density at radius 3 is 2.90 bits per heavy atom. The Morgan fingerprint density at radius 1 is 1.38 bits per heavy atom. The number of hydrazine groups is 1.